The fraction of sp³-hybridized carbons (Fsp3) is 0.438. The normalized spacial score (nSPS) is 19.5. The molecule has 1 unspecified atom stereocenters. The standard InChI is InChI=1S/C16H20N2O2/c1-17-10-8-12-5-4-7-14(15(12)17)16(20)18-9-3-2-6-13(18)11-19/h4-5,7-8,10,13,19H,2-3,6,9,11H2,1H3. The first-order valence-electron chi connectivity index (χ1n) is 7.18. The fourth-order valence-electron chi connectivity index (χ4n) is 3.14. The van der Waals surface area contributed by atoms with Crippen molar-refractivity contribution in [3.63, 3.8) is 0 Å². The highest BCUT2D eigenvalue weighted by Gasteiger charge is 2.28. The molecule has 20 heavy (non-hydrogen) atoms. The SMILES string of the molecule is Cn1ccc2cccc(C(=O)N3CCCCC3CO)c21. The van der Waals surface area contributed by atoms with Crippen molar-refractivity contribution in [1.29, 1.82) is 0 Å². The topological polar surface area (TPSA) is 45.5 Å². The molecule has 106 valence electrons. The lowest BCUT2D eigenvalue weighted by molar-refractivity contribution is 0.0504. The van der Waals surface area contributed by atoms with E-state index < -0.39 is 0 Å². The van der Waals surface area contributed by atoms with Gasteiger partial charge >= 0.3 is 0 Å². The van der Waals surface area contributed by atoms with Crippen LogP contribution in [0.2, 0.25) is 0 Å². The van der Waals surface area contributed by atoms with E-state index in [1.807, 2.05) is 47.0 Å². The van der Waals surface area contributed by atoms with Gasteiger partial charge < -0.3 is 14.6 Å². The van der Waals surface area contributed by atoms with Gasteiger partial charge in [0.1, 0.15) is 0 Å². The minimum Gasteiger partial charge on any atom is -0.394 e. The third kappa shape index (κ3) is 2.10. The molecular weight excluding hydrogens is 252 g/mol. The fourth-order valence-corrected chi connectivity index (χ4v) is 3.14. The number of piperidine rings is 1. The van der Waals surface area contributed by atoms with E-state index in [0.717, 1.165) is 42.3 Å². The van der Waals surface area contributed by atoms with E-state index in [1.54, 1.807) is 0 Å². The van der Waals surface area contributed by atoms with Crippen LogP contribution in [0.1, 0.15) is 29.6 Å². The predicted octanol–water partition coefficient (Wildman–Crippen LogP) is 2.17. The molecular formula is C16H20N2O2. The first kappa shape index (κ1) is 13.2. The average molecular weight is 272 g/mol. The van der Waals surface area contributed by atoms with Gasteiger partial charge in [-0.2, -0.15) is 0 Å². The number of para-hydroxylation sites is 1. The molecule has 1 N–H and O–H groups in total. The van der Waals surface area contributed by atoms with Crippen LogP contribution in [0.4, 0.5) is 0 Å². The summed E-state index contributed by atoms with van der Waals surface area (Å²) in [5.74, 6) is 0.0381. The van der Waals surface area contributed by atoms with E-state index in [1.165, 1.54) is 0 Å². The zero-order valence-corrected chi connectivity index (χ0v) is 11.7. The monoisotopic (exact) mass is 272 g/mol. The van der Waals surface area contributed by atoms with Crippen molar-refractivity contribution < 1.29 is 9.90 Å². The van der Waals surface area contributed by atoms with Gasteiger partial charge in [-0.05, 0) is 31.4 Å². The molecule has 1 atom stereocenters. The Morgan fingerprint density at radius 2 is 2.20 bits per heavy atom. The Bertz CT molecular complexity index is 632. The summed E-state index contributed by atoms with van der Waals surface area (Å²) in [5.41, 5.74) is 1.70. The number of nitrogens with zero attached hydrogens (tertiary/aromatic N) is 2. The maximum atomic E-state index is 12.8. The number of hydrogen-bond acceptors (Lipinski definition) is 2. The molecule has 1 aliphatic rings. The van der Waals surface area contributed by atoms with Crippen molar-refractivity contribution >= 4 is 16.8 Å². The van der Waals surface area contributed by atoms with E-state index in [2.05, 4.69) is 0 Å². The Kier molecular flexibility index (Phi) is 3.49. The van der Waals surface area contributed by atoms with E-state index in [-0.39, 0.29) is 18.6 Å². The lowest BCUT2D eigenvalue weighted by Crippen LogP contribution is -2.45. The summed E-state index contributed by atoms with van der Waals surface area (Å²) < 4.78 is 1.99. The van der Waals surface area contributed by atoms with E-state index in [4.69, 9.17) is 0 Å². The number of rotatable bonds is 2. The number of carbonyl (C=O) groups excluding carboxylic acids is 1. The highest BCUT2D eigenvalue weighted by atomic mass is 16.3. The zero-order valence-electron chi connectivity index (χ0n) is 11.7. The number of aryl methyl sites for hydroxylation is 1. The van der Waals surface area contributed by atoms with Gasteiger partial charge in [0.05, 0.1) is 23.7 Å². The molecule has 1 amide bonds. The lowest BCUT2D eigenvalue weighted by Gasteiger charge is -2.34. The van der Waals surface area contributed by atoms with Gasteiger partial charge in [-0.25, -0.2) is 0 Å². The van der Waals surface area contributed by atoms with Gasteiger partial charge in [-0.3, -0.25) is 4.79 Å². The van der Waals surface area contributed by atoms with Crippen LogP contribution < -0.4 is 0 Å². The van der Waals surface area contributed by atoms with E-state index in [9.17, 15) is 9.90 Å². The molecule has 0 radical (unpaired) electrons. The number of aromatic nitrogens is 1. The summed E-state index contributed by atoms with van der Waals surface area (Å²) in [6.07, 6.45) is 4.97. The Morgan fingerprint density at radius 1 is 1.35 bits per heavy atom. The first-order chi connectivity index (χ1) is 9.72. The van der Waals surface area contributed by atoms with Crippen molar-refractivity contribution in [2.75, 3.05) is 13.2 Å². The van der Waals surface area contributed by atoms with Crippen LogP contribution in [0.25, 0.3) is 10.9 Å². The molecule has 2 heterocycles. The predicted molar refractivity (Wildman–Crippen MR) is 78.7 cm³/mol. The Morgan fingerprint density at radius 3 is 3.00 bits per heavy atom. The molecule has 3 rings (SSSR count). The van der Waals surface area contributed by atoms with Crippen molar-refractivity contribution in [1.82, 2.24) is 9.47 Å². The van der Waals surface area contributed by atoms with E-state index >= 15 is 0 Å². The number of likely N-dealkylation sites (tertiary alicyclic amines) is 1. The molecule has 1 fully saturated rings. The number of hydrogen-bond donors (Lipinski definition) is 1. The molecule has 4 heteroatoms. The largest absolute Gasteiger partial charge is 0.394 e. The number of carbonyl (C=O) groups is 1. The first-order valence-corrected chi connectivity index (χ1v) is 7.18. The number of aliphatic hydroxyl groups excluding tert-OH is 1. The summed E-state index contributed by atoms with van der Waals surface area (Å²) in [5, 5.41) is 10.6. The second-order valence-corrected chi connectivity index (χ2v) is 5.50. The second kappa shape index (κ2) is 5.29. The third-order valence-electron chi connectivity index (χ3n) is 4.23. The minimum absolute atomic E-state index is 0.0354. The van der Waals surface area contributed by atoms with Crippen molar-refractivity contribution in [3.8, 4) is 0 Å². The Hall–Kier alpha value is -1.81. The van der Waals surface area contributed by atoms with Crippen LogP contribution in [-0.2, 0) is 7.05 Å². The molecule has 1 aromatic carbocycles. The summed E-state index contributed by atoms with van der Waals surface area (Å²) in [6, 6.07) is 7.81. The molecule has 1 saturated heterocycles. The Labute approximate surface area is 118 Å². The maximum Gasteiger partial charge on any atom is 0.256 e. The molecule has 0 saturated carbocycles. The van der Waals surface area contributed by atoms with Gasteiger partial charge in [-0.1, -0.05) is 12.1 Å². The van der Waals surface area contributed by atoms with Crippen molar-refractivity contribution in [2.45, 2.75) is 25.3 Å². The zero-order chi connectivity index (χ0) is 14.1. The summed E-state index contributed by atoms with van der Waals surface area (Å²) >= 11 is 0. The minimum atomic E-state index is -0.0354. The molecule has 1 aliphatic heterocycles. The number of fused-ring (bicyclic) bond motifs is 1. The highest BCUT2D eigenvalue weighted by molar-refractivity contribution is 6.06. The summed E-state index contributed by atoms with van der Waals surface area (Å²) in [6.45, 7) is 0.791. The Balaban J connectivity index is 2.01. The molecule has 0 aliphatic carbocycles. The van der Waals surface area contributed by atoms with Crippen LogP contribution in [0.3, 0.4) is 0 Å². The van der Waals surface area contributed by atoms with Crippen molar-refractivity contribution in [3.05, 3.63) is 36.0 Å². The van der Waals surface area contributed by atoms with Crippen LogP contribution in [-0.4, -0.2) is 39.7 Å². The summed E-state index contributed by atoms with van der Waals surface area (Å²) in [7, 11) is 1.96. The lowest BCUT2D eigenvalue weighted by atomic mass is 10.0. The van der Waals surface area contributed by atoms with Crippen molar-refractivity contribution in [2.24, 2.45) is 7.05 Å². The molecule has 2 aromatic rings. The molecule has 0 bridgehead atoms. The van der Waals surface area contributed by atoms with E-state index in [0.29, 0.717) is 0 Å². The molecule has 0 spiro atoms. The van der Waals surface area contributed by atoms with Gasteiger partial charge in [0.15, 0.2) is 0 Å². The van der Waals surface area contributed by atoms with Crippen LogP contribution in [0, 0.1) is 0 Å². The van der Waals surface area contributed by atoms with Gasteiger partial charge in [0.2, 0.25) is 0 Å². The molecule has 1 aromatic heterocycles. The summed E-state index contributed by atoms with van der Waals surface area (Å²) in [4.78, 5) is 14.7. The quantitative estimate of drug-likeness (QED) is 0.910. The van der Waals surface area contributed by atoms with Gasteiger partial charge in [-0.15, -0.1) is 0 Å². The maximum absolute atomic E-state index is 12.8. The highest BCUT2D eigenvalue weighted by Crippen LogP contribution is 2.24. The number of benzene rings is 1. The van der Waals surface area contributed by atoms with Crippen LogP contribution in [0.15, 0.2) is 30.5 Å². The van der Waals surface area contributed by atoms with Gasteiger partial charge in [0.25, 0.3) is 5.91 Å². The second-order valence-electron chi connectivity index (χ2n) is 5.50. The number of aliphatic hydroxyl groups is 1. The van der Waals surface area contributed by atoms with Crippen LogP contribution >= 0.6 is 0 Å². The molecule has 4 nitrogen and oxygen atoms in total. The third-order valence-corrected chi connectivity index (χ3v) is 4.23. The number of amides is 1. The average Bonchev–Trinajstić information content (AvgIpc) is 2.88. The van der Waals surface area contributed by atoms with Crippen LogP contribution in [0.5, 0.6) is 0 Å². The smallest absolute Gasteiger partial charge is 0.256 e. The van der Waals surface area contributed by atoms with Gasteiger partial charge in [0, 0.05) is 25.2 Å².